The molecule has 11 heteroatoms. The number of hydrogen-bond acceptors (Lipinski definition) is 8. The molecule has 192 valence electrons. The summed E-state index contributed by atoms with van der Waals surface area (Å²) in [4.78, 5) is 35.5. The van der Waals surface area contributed by atoms with Crippen LogP contribution < -0.4 is 26.6 Å². The van der Waals surface area contributed by atoms with Crippen LogP contribution >= 0.6 is 0 Å². The predicted molar refractivity (Wildman–Crippen MR) is 142 cm³/mol. The third kappa shape index (κ3) is 6.94. The van der Waals surface area contributed by atoms with Gasteiger partial charge in [-0.25, -0.2) is 9.97 Å². The van der Waals surface area contributed by atoms with Crippen LogP contribution in [-0.4, -0.2) is 57.7 Å². The maximum Gasteiger partial charge on any atom is 0.271 e. The lowest BCUT2D eigenvalue weighted by Crippen LogP contribution is -2.30. The molecule has 3 heterocycles. The van der Waals surface area contributed by atoms with Gasteiger partial charge in [-0.15, -0.1) is 0 Å². The lowest BCUT2D eigenvalue weighted by molar-refractivity contribution is 0.0989. The molecule has 0 atom stereocenters. The van der Waals surface area contributed by atoms with E-state index in [1.54, 1.807) is 35.4 Å². The molecule has 0 unspecified atom stereocenters. The van der Waals surface area contributed by atoms with Crippen LogP contribution in [0.25, 0.3) is 0 Å². The van der Waals surface area contributed by atoms with Gasteiger partial charge in [-0.3, -0.25) is 14.3 Å². The smallest absolute Gasteiger partial charge is 0.271 e. The maximum absolute atomic E-state index is 11.6. The minimum Gasteiger partial charge on any atom is -0.372 e. The summed E-state index contributed by atoms with van der Waals surface area (Å²) in [6, 6.07) is 7.37. The molecule has 1 aliphatic rings. The Hall–Kier alpha value is -4.15. The fourth-order valence-corrected chi connectivity index (χ4v) is 3.97. The van der Waals surface area contributed by atoms with E-state index in [1.807, 2.05) is 19.2 Å². The second-order valence-electron chi connectivity index (χ2n) is 8.45. The SMILES string of the molecule is CCN(CC)c1ccc(C(N)=O)cc1.Cn1cc(Nc2nc(N3CCCCC3)cnc2C(N)=O)cn1. The molecule has 4 rings (SSSR count). The number of nitrogens with two attached hydrogens (primary N) is 2. The number of aryl methyl sites for hydroxylation is 1. The van der Waals surface area contributed by atoms with Gasteiger partial charge in [0.2, 0.25) is 5.91 Å². The number of amides is 2. The molecular weight excluding hydrogens is 458 g/mol. The van der Waals surface area contributed by atoms with Crippen LogP contribution in [0, 0.1) is 0 Å². The number of carbonyl (C=O) groups is 2. The first-order valence-electron chi connectivity index (χ1n) is 12.1. The van der Waals surface area contributed by atoms with E-state index in [1.165, 1.54) is 6.42 Å². The van der Waals surface area contributed by atoms with E-state index in [-0.39, 0.29) is 11.6 Å². The van der Waals surface area contributed by atoms with E-state index in [0.29, 0.717) is 11.4 Å². The van der Waals surface area contributed by atoms with Crippen molar-refractivity contribution in [2.75, 3.05) is 41.3 Å². The van der Waals surface area contributed by atoms with Gasteiger partial charge in [-0.1, -0.05) is 0 Å². The molecule has 2 aromatic heterocycles. The van der Waals surface area contributed by atoms with Crippen molar-refractivity contribution >= 4 is 34.8 Å². The first kappa shape index (κ1) is 26.5. The van der Waals surface area contributed by atoms with Crippen LogP contribution in [0.4, 0.5) is 23.0 Å². The molecule has 5 N–H and O–H groups in total. The molecule has 0 spiro atoms. The molecule has 11 nitrogen and oxygen atoms in total. The lowest BCUT2D eigenvalue weighted by Gasteiger charge is -2.27. The van der Waals surface area contributed by atoms with Crippen LogP contribution in [0.1, 0.15) is 54.0 Å². The van der Waals surface area contributed by atoms with Gasteiger partial charge in [0.15, 0.2) is 11.5 Å². The zero-order chi connectivity index (χ0) is 26.1. The number of benzene rings is 1. The average molecular weight is 494 g/mol. The zero-order valence-electron chi connectivity index (χ0n) is 21.1. The summed E-state index contributed by atoms with van der Waals surface area (Å²) in [5.41, 5.74) is 13.1. The molecule has 36 heavy (non-hydrogen) atoms. The van der Waals surface area contributed by atoms with E-state index < -0.39 is 5.91 Å². The quantitative estimate of drug-likeness (QED) is 0.434. The summed E-state index contributed by atoms with van der Waals surface area (Å²) in [5, 5.41) is 7.15. The molecule has 0 bridgehead atoms. The van der Waals surface area contributed by atoms with Gasteiger partial charge in [-0.2, -0.15) is 5.10 Å². The summed E-state index contributed by atoms with van der Waals surface area (Å²) >= 11 is 0. The van der Waals surface area contributed by atoms with E-state index in [0.717, 1.165) is 56.2 Å². The Balaban J connectivity index is 0.000000223. The number of aromatic nitrogens is 4. The number of primary amides is 2. The molecule has 1 aliphatic heterocycles. The van der Waals surface area contributed by atoms with E-state index in [9.17, 15) is 9.59 Å². The number of nitrogens with one attached hydrogen (secondary N) is 1. The molecule has 0 aliphatic carbocycles. The van der Waals surface area contributed by atoms with Crippen LogP contribution in [0.5, 0.6) is 0 Å². The highest BCUT2D eigenvalue weighted by Gasteiger charge is 2.18. The number of piperidine rings is 1. The van der Waals surface area contributed by atoms with Crippen LogP contribution in [0.3, 0.4) is 0 Å². The fourth-order valence-electron chi connectivity index (χ4n) is 3.97. The Morgan fingerprint density at radius 2 is 1.67 bits per heavy atom. The summed E-state index contributed by atoms with van der Waals surface area (Å²) < 4.78 is 1.66. The third-order valence-electron chi connectivity index (χ3n) is 5.92. The average Bonchev–Trinajstić information content (AvgIpc) is 3.30. The van der Waals surface area contributed by atoms with Gasteiger partial charge in [0.25, 0.3) is 5.91 Å². The second kappa shape index (κ2) is 12.5. The van der Waals surface area contributed by atoms with Crippen LogP contribution in [-0.2, 0) is 7.05 Å². The van der Waals surface area contributed by atoms with Crippen molar-refractivity contribution < 1.29 is 9.59 Å². The Labute approximate surface area is 211 Å². The van der Waals surface area contributed by atoms with Gasteiger partial charge in [-0.05, 0) is 57.4 Å². The molecule has 0 saturated carbocycles. The minimum atomic E-state index is -0.607. The van der Waals surface area contributed by atoms with E-state index >= 15 is 0 Å². The first-order valence-corrected chi connectivity index (χ1v) is 12.1. The third-order valence-corrected chi connectivity index (χ3v) is 5.92. The molecule has 3 aromatic rings. The van der Waals surface area contributed by atoms with Gasteiger partial charge in [0, 0.05) is 50.7 Å². The van der Waals surface area contributed by atoms with Crippen molar-refractivity contribution in [2.24, 2.45) is 18.5 Å². The highest BCUT2D eigenvalue weighted by atomic mass is 16.1. The van der Waals surface area contributed by atoms with Crippen molar-refractivity contribution in [2.45, 2.75) is 33.1 Å². The highest BCUT2D eigenvalue weighted by Crippen LogP contribution is 2.22. The second-order valence-corrected chi connectivity index (χ2v) is 8.45. The molecule has 1 saturated heterocycles. The predicted octanol–water partition coefficient (Wildman–Crippen LogP) is 2.67. The lowest BCUT2D eigenvalue weighted by atomic mass is 10.1. The standard InChI is InChI=1S/C14H19N7O.C11H16N2O/c1-20-9-10(7-17-20)18-14-12(13(15)22)16-8-11(19-14)21-5-3-2-4-6-21;1-3-13(4-2)10-7-5-9(6-8-10)11(12)14/h7-9H,2-6H2,1H3,(H2,15,22)(H,18,19);5-8H,3-4H2,1-2H3,(H2,12,14). The summed E-state index contributed by atoms with van der Waals surface area (Å²) in [5.74, 6) is 0.139. The van der Waals surface area contributed by atoms with Gasteiger partial charge < -0.3 is 26.6 Å². The van der Waals surface area contributed by atoms with Crippen molar-refractivity contribution in [3.63, 3.8) is 0 Å². The molecule has 1 aromatic carbocycles. The number of carbonyl (C=O) groups excluding carboxylic acids is 2. The number of rotatable bonds is 8. The summed E-state index contributed by atoms with van der Waals surface area (Å²) in [6.45, 7) is 8.05. The Bertz CT molecular complexity index is 1150. The Kier molecular flexibility index (Phi) is 9.20. The van der Waals surface area contributed by atoms with E-state index in [2.05, 4.69) is 44.0 Å². The minimum absolute atomic E-state index is 0.129. The van der Waals surface area contributed by atoms with Crippen molar-refractivity contribution in [3.05, 3.63) is 54.1 Å². The van der Waals surface area contributed by atoms with Gasteiger partial charge >= 0.3 is 0 Å². The summed E-state index contributed by atoms with van der Waals surface area (Å²) in [6.07, 6.45) is 8.58. The number of hydrogen-bond donors (Lipinski definition) is 3. The molecule has 2 amide bonds. The Morgan fingerprint density at radius 3 is 2.19 bits per heavy atom. The maximum atomic E-state index is 11.6. The topological polar surface area (TPSA) is 148 Å². The first-order chi connectivity index (χ1) is 17.3. The molecule has 0 radical (unpaired) electrons. The number of anilines is 4. The van der Waals surface area contributed by atoms with E-state index in [4.69, 9.17) is 11.5 Å². The summed E-state index contributed by atoms with van der Waals surface area (Å²) in [7, 11) is 1.82. The van der Waals surface area contributed by atoms with Crippen molar-refractivity contribution in [1.82, 2.24) is 19.7 Å². The zero-order valence-corrected chi connectivity index (χ0v) is 21.1. The number of nitrogens with zero attached hydrogens (tertiary/aromatic N) is 6. The normalized spacial score (nSPS) is 12.9. The highest BCUT2D eigenvalue weighted by molar-refractivity contribution is 5.96. The van der Waals surface area contributed by atoms with Crippen LogP contribution in [0.2, 0.25) is 0 Å². The van der Waals surface area contributed by atoms with Crippen molar-refractivity contribution in [3.8, 4) is 0 Å². The fraction of sp³-hybridized carbons (Fsp3) is 0.400. The van der Waals surface area contributed by atoms with Crippen LogP contribution in [0.15, 0.2) is 42.9 Å². The van der Waals surface area contributed by atoms with Gasteiger partial charge in [0.05, 0.1) is 18.1 Å². The molecule has 1 fully saturated rings. The molecular formula is C25H35N9O2. The Morgan fingerprint density at radius 1 is 1.00 bits per heavy atom. The van der Waals surface area contributed by atoms with Gasteiger partial charge in [0.1, 0.15) is 5.82 Å². The monoisotopic (exact) mass is 493 g/mol. The van der Waals surface area contributed by atoms with Crippen molar-refractivity contribution in [1.29, 1.82) is 0 Å². The largest absolute Gasteiger partial charge is 0.372 e.